The lowest BCUT2D eigenvalue weighted by Gasteiger charge is -2.12. The van der Waals surface area contributed by atoms with Gasteiger partial charge < -0.3 is 14.6 Å². The standard InChI is InChI=1S/C20H18O6.C7H12N2/c1-13(2)19(23)25-11-12-26-20(24)17-10-6-4-8-15(17)14-7-3-5-9-16(14)18(21)22;1-2-3-5-9-6-4-8-7-9/h3-10H,1,11-12H2,2H3,(H,21,22);4,6-7H,2-3,5H2,1H3/p+1. The Hall–Kier alpha value is -4.20. The van der Waals surface area contributed by atoms with Gasteiger partial charge in [0.05, 0.1) is 17.7 Å². The fraction of sp³-hybridized carbons (Fsp3) is 0.259. The number of nitrogens with one attached hydrogen (secondary N) is 1. The molecular formula is C27H31N2O6+. The van der Waals surface area contributed by atoms with Crippen LogP contribution in [0.5, 0.6) is 0 Å². The maximum atomic E-state index is 12.4. The highest BCUT2D eigenvalue weighted by atomic mass is 16.6. The number of carboxylic acid groups (broad SMARTS) is 1. The van der Waals surface area contributed by atoms with E-state index >= 15 is 0 Å². The van der Waals surface area contributed by atoms with E-state index in [-0.39, 0.29) is 29.9 Å². The molecule has 3 aromatic rings. The first kappa shape index (κ1) is 27.0. The van der Waals surface area contributed by atoms with Crippen LogP contribution in [0.15, 0.2) is 79.4 Å². The highest BCUT2D eigenvalue weighted by Crippen LogP contribution is 2.27. The van der Waals surface area contributed by atoms with E-state index in [1.54, 1.807) is 42.5 Å². The molecule has 0 saturated heterocycles. The van der Waals surface area contributed by atoms with E-state index in [9.17, 15) is 19.5 Å². The minimum absolute atomic E-state index is 0.0862. The van der Waals surface area contributed by atoms with Crippen molar-refractivity contribution < 1.29 is 33.5 Å². The molecule has 2 N–H and O–H groups in total. The van der Waals surface area contributed by atoms with Crippen molar-refractivity contribution in [2.45, 2.75) is 33.2 Å². The first-order chi connectivity index (χ1) is 16.8. The third kappa shape index (κ3) is 8.58. The van der Waals surface area contributed by atoms with Crippen molar-refractivity contribution in [3.05, 3.63) is 90.5 Å². The first-order valence-electron chi connectivity index (χ1n) is 11.3. The van der Waals surface area contributed by atoms with Crippen molar-refractivity contribution in [3.8, 4) is 11.1 Å². The minimum atomic E-state index is -1.09. The number of unbranched alkanes of at least 4 members (excludes halogenated alkanes) is 1. The normalized spacial score (nSPS) is 10.0. The molecule has 0 atom stereocenters. The van der Waals surface area contributed by atoms with Gasteiger partial charge >= 0.3 is 17.9 Å². The molecule has 3 rings (SSSR count). The van der Waals surface area contributed by atoms with Crippen LogP contribution in [-0.2, 0) is 20.8 Å². The van der Waals surface area contributed by atoms with Gasteiger partial charge in [-0.2, -0.15) is 0 Å². The predicted molar refractivity (Wildman–Crippen MR) is 131 cm³/mol. The molecule has 8 heteroatoms. The van der Waals surface area contributed by atoms with Crippen molar-refractivity contribution in [3.63, 3.8) is 0 Å². The molecule has 0 amide bonds. The third-order valence-corrected chi connectivity index (χ3v) is 4.87. The number of carboxylic acids is 1. The number of aromatic carboxylic acids is 1. The van der Waals surface area contributed by atoms with E-state index in [2.05, 4.69) is 29.3 Å². The number of carbonyl (C=O) groups is 3. The largest absolute Gasteiger partial charge is 0.478 e. The van der Waals surface area contributed by atoms with Crippen LogP contribution in [0, 0.1) is 0 Å². The van der Waals surface area contributed by atoms with Gasteiger partial charge in [0.2, 0.25) is 6.33 Å². The summed E-state index contributed by atoms with van der Waals surface area (Å²) < 4.78 is 12.1. The monoisotopic (exact) mass is 479 g/mol. The average Bonchev–Trinajstić information content (AvgIpc) is 3.39. The number of H-pyrrole nitrogens is 1. The lowest BCUT2D eigenvalue weighted by Crippen LogP contribution is -2.29. The topological polar surface area (TPSA) is 110 Å². The molecule has 0 aliphatic heterocycles. The van der Waals surface area contributed by atoms with Gasteiger partial charge in [-0.05, 0) is 36.6 Å². The van der Waals surface area contributed by atoms with E-state index in [4.69, 9.17) is 9.47 Å². The Bertz CT molecular complexity index is 1140. The Balaban J connectivity index is 0.000000402. The summed E-state index contributed by atoms with van der Waals surface area (Å²) in [6, 6.07) is 13.0. The number of ether oxygens (including phenoxy) is 2. The summed E-state index contributed by atoms with van der Waals surface area (Å²) in [5, 5.41) is 9.35. The third-order valence-electron chi connectivity index (χ3n) is 4.87. The van der Waals surface area contributed by atoms with Crippen molar-refractivity contribution >= 4 is 17.9 Å². The summed E-state index contributed by atoms with van der Waals surface area (Å²) in [7, 11) is 0. The van der Waals surface area contributed by atoms with Crippen LogP contribution in [0.25, 0.3) is 11.1 Å². The molecule has 184 valence electrons. The molecule has 8 nitrogen and oxygen atoms in total. The van der Waals surface area contributed by atoms with Gasteiger partial charge in [-0.3, -0.25) is 4.98 Å². The van der Waals surface area contributed by atoms with E-state index in [1.165, 1.54) is 25.8 Å². The maximum Gasteiger partial charge on any atom is 0.338 e. The quantitative estimate of drug-likeness (QED) is 0.193. The summed E-state index contributed by atoms with van der Waals surface area (Å²) >= 11 is 0. The summed E-state index contributed by atoms with van der Waals surface area (Å²) in [4.78, 5) is 38.1. The van der Waals surface area contributed by atoms with Crippen LogP contribution in [0.3, 0.4) is 0 Å². The molecule has 0 bridgehead atoms. The smallest absolute Gasteiger partial charge is 0.338 e. The fourth-order valence-corrected chi connectivity index (χ4v) is 3.07. The van der Waals surface area contributed by atoms with Crippen molar-refractivity contribution in [2.24, 2.45) is 0 Å². The highest BCUT2D eigenvalue weighted by Gasteiger charge is 2.18. The molecule has 2 aromatic carbocycles. The Morgan fingerprint density at radius 3 is 2.14 bits per heavy atom. The maximum absolute atomic E-state index is 12.4. The molecule has 0 radical (unpaired) electrons. The number of nitrogens with zero attached hydrogens (tertiary/aromatic N) is 1. The molecule has 0 unspecified atom stereocenters. The van der Waals surface area contributed by atoms with Gasteiger partial charge in [0, 0.05) is 5.57 Å². The van der Waals surface area contributed by atoms with Crippen molar-refractivity contribution in [1.29, 1.82) is 0 Å². The summed E-state index contributed by atoms with van der Waals surface area (Å²) in [6.45, 7) is 8.10. The average molecular weight is 480 g/mol. The van der Waals surface area contributed by atoms with Crippen molar-refractivity contribution in [2.75, 3.05) is 13.2 Å². The lowest BCUT2D eigenvalue weighted by molar-refractivity contribution is -0.696. The van der Waals surface area contributed by atoms with Crippen LogP contribution in [0.1, 0.15) is 47.4 Å². The zero-order chi connectivity index (χ0) is 25.6. The molecule has 1 aromatic heterocycles. The number of esters is 2. The SMILES string of the molecule is C=C(C)C(=O)OCCOC(=O)c1ccccc1-c1ccccc1C(=O)O.CCCC[n+]1cc[nH]c1. The number of benzene rings is 2. The molecule has 0 fully saturated rings. The zero-order valence-electron chi connectivity index (χ0n) is 20.0. The van der Waals surface area contributed by atoms with Gasteiger partial charge in [-0.15, -0.1) is 0 Å². The molecule has 0 saturated carbocycles. The molecule has 1 heterocycles. The molecule has 0 aliphatic carbocycles. The second-order valence-electron chi connectivity index (χ2n) is 7.65. The number of imidazole rings is 1. The number of aryl methyl sites for hydroxylation is 1. The van der Waals surface area contributed by atoms with Crippen molar-refractivity contribution in [1.82, 2.24) is 4.98 Å². The minimum Gasteiger partial charge on any atom is -0.478 e. The molecular weight excluding hydrogens is 448 g/mol. The van der Waals surface area contributed by atoms with Gasteiger partial charge in [-0.1, -0.05) is 56.3 Å². The van der Waals surface area contributed by atoms with E-state index in [1.807, 2.05) is 12.5 Å². The Labute approximate surface area is 204 Å². The number of aromatic amines is 1. The molecule has 35 heavy (non-hydrogen) atoms. The summed E-state index contributed by atoms with van der Waals surface area (Å²) in [5.74, 6) is -2.28. The highest BCUT2D eigenvalue weighted by molar-refractivity contribution is 6.02. The van der Waals surface area contributed by atoms with E-state index in [0.717, 1.165) is 6.54 Å². The number of aromatic nitrogens is 2. The number of hydrogen-bond acceptors (Lipinski definition) is 5. The summed E-state index contributed by atoms with van der Waals surface area (Å²) in [5.41, 5.74) is 1.44. The second-order valence-corrected chi connectivity index (χ2v) is 7.65. The number of rotatable bonds is 10. The second kappa shape index (κ2) is 14.1. The Kier molecular flexibility index (Phi) is 10.9. The van der Waals surface area contributed by atoms with Gasteiger partial charge in [0.25, 0.3) is 0 Å². The number of hydrogen-bond donors (Lipinski definition) is 2. The van der Waals surface area contributed by atoms with Crippen LogP contribution < -0.4 is 4.57 Å². The van der Waals surface area contributed by atoms with Crippen LogP contribution in [0.2, 0.25) is 0 Å². The van der Waals surface area contributed by atoms with Crippen LogP contribution in [-0.4, -0.2) is 41.2 Å². The van der Waals surface area contributed by atoms with Crippen LogP contribution >= 0.6 is 0 Å². The van der Waals surface area contributed by atoms with E-state index in [0.29, 0.717) is 11.1 Å². The van der Waals surface area contributed by atoms with Gasteiger partial charge in [-0.25, -0.2) is 19.0 Å². The number of carbonyl (C=O) groups excluding carboxylic acids is 2. The van der Waals surface area contributed by atoms with Gasteiger partial charge in [0.15, 0.2) is 0 Å². The molecule has 0 aliphatic rings. The van der Waals surface area contributed by atoms with E-state index < -0.39 is 17.9 Å². The fourth-order valence-electron chi connectivity index (χ4n) is 3.07. The molecule has 0 spiro atoms. The Morgan fingerprint density at radius 1 is 0.971 bits per heavy atom. The Morgan fingerprint density at radius 2 is 1.57 bits per heavy atom. The van der Waals surface area contributed by atoms with Crippen LogP contribution in [0.4, 0.5) is 0 Å². The lowest BCUT2D eigenvalue weighted by atomic mass is 9.95. The summed E-state index contributed by atoms with van der Waals surface area (Å²) in [6.07, 6.45) is 8.50. The zero-order valence-corrected chi connectivity index (χ0v) is 20.0. The first-order valence-corrected chi connectivity index (χ1v) is 11.3. The van der Waals surface area contributed by atoms with Gasteiger partial charge in [0.1, 0.15) is 25.6 Å². The predicted octanol–water partition coefficient (Wildman–Crippen LogP) is 4.43.